The molecule has 1 aromatic carbocycles. The summed E-state index contributed by atoms with van der Waals surface area (Å²) in [7, 11) is 0. The second kappa shape index (κ2) is 9.64. The van der Waals surface area contributed by atoms with Gasteiger partial charge in [-0.2, -0.15) is 0 Å². The predicted molar refractivity (Wildman–Crippen MR) is 115 cm³/mol. The Labute approximate surface area is 188 Å². The molecule has 1 aliphatic rings. The van der Waals surface area contributed by atoms with Gasteiger partial charge >= 0.3 is 11.6 Å². The Bertz CT molecular complexity index is 1250. The van der Waals surface area contributed by atoms with Gasteiger partial charge in [0.15, 0.2) is 12.4 Å². The Morgan fingerprint density at radius 3 is 2.45 bits per heavy atom. The summed E-state index contributed by atoms with van der Waals surface area (Å²) in [6, 6.07) is 10.0. The molecule has 0 unspecified atom stereocenters. The molecule has 1 fully saturated rings. The van der Waals surface area contributed by atoms with Gasteiger partial charge in [-0.25, -0.2) is 14.2 Å². The minimum absolute atomic E-state index is 0.0350. The van der Waals surface area contributed by atoms with Crippen LogP contribution < -0.4 is 10.2 Å². The predicted octanol–water partition coefficient (Wildman–Crippen LogP) is 2.62. The number of unbranched alkanes of at least 4 members (excludes halogenated alkanes) is 2. The van der Waals surface area contributed by atoms with Crippen molar-refractivity contribution in [2.45, 2.75) is 45.1 Å². The number of hydroxylamine groups is 2. The maximum absolute atomic E-state index is 12.3. The number of amides is 2. The number of benzene rings is 1. The summed E-state index contributed by atoms with van der Waals surface area (Å²) < 4.78 is 7.30. The molecular weight excluding hydrogens is 428 g/mol. The maximum Gasteiger partial charge on any atom is 0.344 e. The summed E-state index contributed by atoms with van der Waals surface area (Å²) in [6.45, 7) is 0.726. The average molecular weight is 451 g/mol. The Balaban J connectivity index is 1.26. The third kappa shape index (κ3) is 5.25. The summed E-state index contributed by atoms with van der Waals surface area (Å²) >= 11 is 0. The van der Waals surface area contributed by atoms with Crippen molar-refractivity contribution in [3.05, 3.63) is 59.2 Å². The lowest BCUT2D eigenvalue weighted by atomic mass is 10.1. The molecule has 4 rings (SSSR count). The summed E-state index contributed by atoms with van der Waals surface area (Å²) in [6.07, 6.45) is 6.21. The fourth-order valence-corrected chi connectivity index (χ4v) is 3.63. The number of phenolic OH excluding ortho intramolecular Hbond substituents is 1. The first-order valence-electron chi connectivity index (χ1n) is 10.7. The van der Waals surface area contributed by atoms with Gasteiger partial charge in [-0.05, 0) is 31.0 Å². The molecule has 3 aromatic rings. The number of phenols is 1. The number of imide groups is 1. The molecule has 9 nitrogen and oxygen atoms in total. The van der Waals surface area contributed by atoms with E-state index in [1.165, 1.54) is 12.1 Å². The van der Waals surface area contributed by atoms with Gasteiger partial charge in [0.05, 0.1) is 5.56 Å². The van der Waals surface area contributed by atoms with Gasteiger partial charge in [0.2, 0.25) is 0 Å². The molecule has 0 saturated carbocycles. The second-order valence-corrected chi connectivity index (χ2v) is 7.85. The minimum Gasteiger partial charge on any atom is -0.508 e. The molecule has 0 bridgehead atoms. The molecule has 0 radical (unpaired) electrons. The molecule has 1 saturated heterocycles. The quantitative estimate of drug-likeness (QED) is 0.242. The molecule has 1 N–H and O–H groups in total. The van der Waals surface area contributed by atoms with Crippen LogP contribution in [0.15, 0.2) is 58.0 Å². The second-order valence-electron chi connectivity index (χ2n) is 7.85. The van der Waals surface area contributed by atoms with E-state index in [-0.39, 0.29) is 25.0 Å². The number of aryl methyl sites for hydroxylation is 1. The monoisotopic (exact) mass is 451 g/mol. The van der Waals surface area contributed by atoms with E-state index in [2.05, 4.69) is 0 Å². The molecular formula is C24H23N2O7+. The SMILES string of the molecule is O=C(CCCCC[n+]1ccc(-c2cc3ccc(O)cc3oc2=O)cc1)ON1C(=O)CCC1=O. The lowest BCUT2D eigenvalue weighted by Crippen LogP contribution is -2.32. The van der Waals surface area contributed by atoms with Crippen molar-refractivity contribution in [2.24, 2.45) is 0 Å². The van der Waals surface area contributed by atoms with Gasteiger partial charge in [-0.1, -0.05) is 0 Å². The number of aromatic hydroxyl groups is 1. The molecule has 2 aromatic heterocycles. The molecule has 9 heteroatoms. The topological polar surface area (TPSA) is 118 Å². The smallest absolute Gasteiger partial charge is 0.344 e. The number of hydrogen-bond acceptors (Lipinski definition) is 7. The lowest BCUT2D eigenvalue weighted by Gasteiger charge is -2.12. The first-order valence-corrected chi connectivity index (χ1v) is 10.7. The number of pyridine rings is 1. The van der Waals surface area contributed by atoms with Crippen LogP contribution in [0.25, 0.3) is 22.1 Å². The van der Waals surface area contributed by atoms with Gasteiger partial charge in [0.25, 0.3) is 11.8 Å². The summed E-state index contributed by atoms with van der Waals surface area (Å²) in [5.41, 5.74) is 1.02. The Kier molecular flexibility index (Phi) is 6.48. The minimum atomic E-state index is -0.583. The molecule has 33 heavy (non-hydrogen) atoms. The number of aromatic nitrogens is 1. The van der Waals surface area contributed by atoms with Crippen LogP contribution in [0, 0.1) is 0 Å². The van der Waals surface area contributed by atoms with Crippen molar-refractivity contribution in [2.75, 3.05) is 0 Å². The van der Waals surface area contributed by atoms with E-state index in [0.29, 0.717) is 22.6 Å². The van der Waals surface area contributed by atoms with Gasteiger partial charge in [-0.3, -0.25) is 9.59 Å². The molecule has 1 aliphatic heterocycles. The number of rotatable bonds is 8. The van der Waals surface area contributed by atoms with E-state index in [4.69, 9.17) is 9.25 Å². The van der Waals surface area contributed by atoms with Crippen LogP contribution in [-0.4, -0.2) is 28.0 Å². The number of hydrogen-bond donors (Lipinski definition) is 1. The van der Waals surface area contributed by atoms with E-state index in [9.17, 15) is 24.3 Å². The van der Waals surface area contributed by atoms with Crippen molar-refractivity contribution < 1.29 is 33.3 Å². The summed E-state index contributed by atoms with van der Waals surface area (Å²) in [5, 5.41) is 10.8. The van der Waals surface area contributed by atoms with Gasteiger partial charge < -0.3 is 14.4 Å². The fourth-order valence-electron chi connectivity index (χ4n) is 3.63. The zero-order valence-electron chi connectivity index (χ0n) is 17.9. The lowest BCUT2D eigenvalue weighted by molar-refractivity contribution is -0.697. The van der Waals surface area contributed by atoms with Crippen molar-refractivity contribution in [1.29, 1.82) is 0 Å². The van der Waals surface area contributed by atoms with E-state index in [1.807, 2.05) is 29.1 Å². The normalized spacial score (nSPS) is 13.6. The zero-order valence-corrected chi connectivity index (χ0v) is 17.9. The Morgan fingerprint density at radius 2 is 1.73 bits per heavy atom. The number of carbonyl (C=O) groups is 3. The third-order valence-corrected chi connectivity index (χ3v) is 5.42. The summed E-state index contributed by atoms with van der Waals surface area (Å²) in [5.74, 6) is -1.50. The van der Waals surface area contributed by atoms with Crippen LogP contribution in [0.2, 0.25) is 0 Å². The first kappa shape index (κ1) is 22.2. The van der Waals surface area contributed by atoms with Crippen LogP contribution in [0.1, 0.15) is 38.5 Å². The largest absolute Gasteiger partial charge is 0.508 e. The van der Waals surface area contributed by atoms with Gasteiger partial charge in [0.1, 0.15) is 17.9 Å². The highest BCUT2D eigenvalue weighted by Gasteiger charge is 2.32. The molecule has 3 heterocycles. The van der Waals surface area contributed by atoms with E-state index >= 15 is 0 Å². The first-order chi connectivity index (χ1) is 15.9. The number of nitrogens with zero attached hydrogens (tertiary/aromatic N) is 2. The van der Waals surface area contributed by atoms with Crippen LogP contribution in [0.3, 0.4) is 0 Å². The molecule has 2 amide bonds. The third-order valence-electron chi connectivity index (χ3n) is 5.42. The molecule has 0 aliphatic carbocycles. The Morgan fingerprint density at radius 1 is 1.00 bits per heavy atom. The van der Waals surface area contributed by atoms with E-state index < -0.39 is 23.4 Å². The molecule has 0 atom stereocenters. The number of carbonyl (C=O) groups excluding carboxylic acids is 3. The molecule has 170 valence electrons. The van der Waals surface area contributed by atoms with Crippen LogP contribution in [0.4, 0.5) is 0 Å². The van der Waals surface area contributed by atoms with Crippen molar-refractivity contribution >= 4 is 28.8 Å². The average Bonchev–Trinajstić information content (AvgIpc) is 3.11. The van der Waals surface area contributed by atoms with Crippen molar-refractivity contribution in [3.63, 3.8) is 0 Å². The fraction of sp³-hybridized carbons (Fsp3) is 0.292. The van der Waals surface area contributed by atoms with E-state index in [0.717, 1.165) is 30.3 Å². The van der Waals surface area contributed by atoms with Crippen LogP contribution in [0.5, 0.6) is 5.75 Å². The highest BCUT2D eigenvalue weighted by atomic mass is 16.7. The highest BCUT2D eigenvalue weighted by molar-refractivity contribution is 6.01. The van der Waals surface area contributed by atoms with Gasteiger partial charge in [-0.15, -0.1) is 5.06 Å². The van der Waals surface area contributed by atoms with Crippen LogP contribution >= 0.6 is 0 Å². The summed E-state index contributed by atoms with van der Waals surface area (Å²) in [4.78, 5) is 51.9. The molecule has 0 spiro atoms. The van der Waals surface area contributed by atoms with Crippen molar-refractivity contribution in [1.82, 2.24) is 5.06 Å². The van der Waals surface area contributed by atoms with Crippen molar-refractivity contribution in [3.8, 4) is 16.9 Å². The van der Waals surface area contributed by atoms with Gasteiger partial charge in [0, 0.05) is 54.8 Å². The maximum atomic E-state index is 12.3. The Hall–Kier alpha value is -4.01. The standard InChI is InChI=1S/C24H22N2O7/c27-18-6-5-17-14-19(24(31)32-20(17)15-18)16-9-12-25(13-10-16)11-3-1-2-4-23(30)33-26-21(28)7-8-22(26)29/h5-6,9-10,12-15H,1-4,7-8,11H2/p+1. The number of fused-ring (bicyclic) bond motifs is 1. The highest BCUT2D eigenvalue weighted by Crippen LogP contribution is 2.23. The van der Waals surface area contributed by atoms with E-state index in [1.54, 1.807) is 12.1 Å². The van der Waals surface area contributed by atoms with Crippen LogP contribution in [-0.2, 0) is 25.8 Å². The zero-order chi connectivity index (χ0) is 23.4.